The van der Waals surface area contributed by atoms with Crippen LogP contribution in [-0.4, -0.2) is 175 Å². The van der Waals surface area contributed by atoms with E-state index in [0.717, 1.165) is 99.5 Å². The Kier molecular flexibility index (Phi) is 44.7. The second-order valence-electron chi connectivity index (χ2n) is 33.3. The summed E-state index contributed by atoms with van der Waals surface area (Å²) in [6.07, 6.45) is 25.0. The molecule has 4 unspecified atom stereocenters. The smallest absolute Gasteiger partial charge is 0.424 e. The molecule has 3 fully saturated rings. The summed E-state index contributed by atoms with van der Waals surface area (Å²) >= 11 is 0. The maximum atomic E-state index is 12.1. The molecule has 2 aromatic heterocycles. The molecule has 0 spiro atoms. The van der Waals surface area contributed by atoms with Crippen LogP contribution in [0.5, 0.6) is 0 Å². The number of hydrogen-bond acceptors (Lipinski definition) is 16. The minimum absolute atomic E-state index is 0.0561. The molecule has 0 bridgehead atoms. The summed E-state index contributed by atoms with van der Waals surface area (Å²) in [5, 5.41) is 4.38. The lowest BCUT2D eigenvalue weighted by Crippen LogP contribution is -2.44. The number of sulfonamides is 1. The number of rotatable bonds is 23. The van der Waals surface area contributed by atoms with Crippen molar-refractivity contribution in [1.29, 1.82) is 0 Å². The van der Waals surface area contributed by atoms with E-state index in [0.29, 0.717) is 54.9 Å². The minimum atomic E-state index is -3.57. The molecule has 3 saturated heterocycles. The van der Waals surface area contributed by atoms with Crippen molar-refractivity contribution < 1.29 is 70.1 Å². The maximum absolute atomic E-state index is 12.1. The Balaban J connectivity index is 0.00000116. The minimum Gasteiger partial charge on any atom is -0.444 e. The van der Waals surface area contributed by atoms with E-state index in [1.165, 1.54) is 50.5 Å². The number of imidazole rings is 1. The highest BCUT2D eigenvalue weighted by molar-refractivity contribution is 7.88. The Labute approximate surface area is 596 Å². The van der Waals surface area contributed by atoms with Crippen molar-refractivity contribution in [3.8, 4) is 0 Å². The fourth-order valence-electron chi connectivity index (χ4n) is 9.82. The Morgan fingerprint density at radius 3 is 1.46 bits per heavy atom. The third kappa shape index (κ3) is 49.1. The van der Waals surface area contributed by atoms with Gasteiger partial charge in [-0.3, -0.25) is 0 Å². The average Bonchev–Trinajstić information content (AvgIpc) is 1.05. The van der Waals surface area contributed by atoms with Gasteiger partial charge in [-0.15, -0.1) is 0 Å². The van der Waals surface area contributed by atoms with Crippen LogP contribution in [0.15, 0.2) is 31.1 Å². The number of hydrogen-bond donors (Lipinski definition) is 0. The van der Waals surface area contributed by atoms with Crippen LogP contribution in [-0.2, 0) is 60.9 Å². The third-order valence-corrected chi connectivity index (χ3v) is 15.6. The molecule has 23 heteroatoms. The van der Waals surface area contributed by atoms with Crippen LogP contribution in [0.3, 0.4) is 0 Å². The fraction of sp³-hybridized carbons (Fsp3) is 0.867. The van der Waals surface area contributed by atoms with Gasteiger partial charge in [-0.25, -0.2) is 50.6 Å². The van der Waals surface area contributed by atoms with Gasteiger partial charge in [0.15, 0.2) is 6.29 Å². The van der Waals surface area contributed by atoms with E-state index in [4.69, 9.17) is 37.9 Å². The van der Waals surface area contributed by atoms with E-state index in [-0.39, 0.29) is 31.4 Å². The van der Waals surface area contributed by atoms with Gasteiger partial charge < -0.3 is 47.7 Å². The Morgan fingerprint density at radius 1 is 0.582 bits per heavy atom. The summed E-state index contributed by atoms with van der Waals surface area (Å²) in [7, 11) is 2.46. The van der Waals surface area contributed by atoms with Gasteiger partial charge in [0.25, 0.3) is 0 Å². The zero-order valence-electron chi connectivity index (χ0n) is 67.1. The first-order valence-electron chi connectivity index (χ1n) is 36.6. The average molecular weight is 1420 g/mol. The molecule has 5 rings (SSSR count). The van der Waals surface area contributed by atoms with E-state index < -0.39 is 50.7 Å². The number of carbonyl (C=O) groups excluding carboxylic acids is 4. The molecule has 98 heavy (non-hydrogen) atoms. The van der Waals surface area contributed by atoms with Crippen molar-refractivity contribution in [3.63, 3.8) is 0 Å². The summed E-state index contributed by atoms with van der Waals surface area (Å²) in [6, 6.07) is 0. The van der Waals surface area contributed by atoms with E-state index in [2.05, 4.69) is 114 Å². The van der Waals surface area contributed by atoms with Crippen molar-refractivity contribution in [3.05, 3.63) is 36.7 Å². The number of ether oxygens (including phenoxy) is 8. The topological polar surface area (TPSA) is 216 Å². The van der Waals surface area contributed by atoms with E-state index in [1.807, 2.05) is 59.3 Å². The lowest BCUT2D eigenvalue weighted by Gasteiger charge is -2.28. The largest absolute Gasteiger partial charge is 0.444 e. The monoisotopic (exact) mass is 1410 g/mol. The van der Waals surface area contributed by atoms with Crippen LogP contribution in [0.25, 0.3) is 0 Å². The van der Waals surface area contributed by atoms with Crippen LogP contribution in [0, 0.1) is 41.4 Å². The van der Waals surface area contributed by atoms with Crippen molar-refractivity contribution in [2.75, 3.05) is 80.0 Å². The molecular weight excluding hydrogens is 1270 g/mol. The molecule has 4 amide bonds. The Hall–Kier alpha value is -4.55. The van der Waals surface area contributed by atoms with Crippen LogP contribution in [0.2, 0.25) is 0 Å². The molecule has 0 saturated carbocycles. The van der Waals surface area contributed by atoms with Crippen LogP contribution < -0.4 is 4.57 Å². The highest BCUT2D eigenvalue weighted by Crippen LogP contribution is 2.25. The number of amides is 4. The predicted octanol–water partition coefficient (Wildman–Crippen LogP) is 17.0. The molecule has 0 aliphatic carbocycles. The first-order chi connectivity index (χ1) is 45.1. The van der Waals surface area contributed by atoms with E-state index in [9.17, 15) is 27.6 Å². The third-order valence-electron chi connectivity index (χ3n) is 14.4. The molecule has 574 valence electrons. The van der Waals surface area contributed by atoms with E-state index >= 15 is 0 Å². The molecule has 5 heterocycles. The first kappa shape index (κ1) is 93.5. The van der Waals surface area contributed by atoms with Gasteiger partial charge in [-0.1, -0.05) is 83.1 Å². The second-order valence-corrected chi connectivity index (χ2v) is 35.2. The van der Waals surface area contributed by atoms with Crippen LogP contribution in [0.1, 0.15) is 268 Å². The summed E-state index contributed by atoms with van der Waals surface area (Å²) < 4.78 is 73.9. The van der Waals surface area contributed by atoms with Crippen molar-refractivity contribution in [2.24, 2.45) is 41.4 Å². The molecule has 0 radical (unpaired) electrons. The number of imide groups is 1. The molecule has 22 nitrogen and oxygen atoms in total. The quantitative estimate of drug-likeness (QED) is 0.0746. The lowest BCUT2D eigenvalue weighted by atomic mass is 9.97. The Morgan fingerprint density at radius 2 is 1.04 bits per heavy atom. The number of aromatic nitrogens is 4. The van der Waals surface area contributed by atoms with Gasteiger partial charge in [-0.05, 0) is 228 Å². The molecule has 3 aliphatic rings. The zero-order valence-corrected chi connectivity index (χ0v) is 67.9. The standard InChI is InChI=1S/C15H29NO4.C14H29NO2.C12H21N2O.C12H20N2O.C11H23NO4S.C11H23NO2/c1-11(2)9-10-16(12(17)19-14(3,4)5)13(18)20-15(6,7)8;1-12(2)9-13(10-15(3)4)11-17-14-7-5-6-8-16-14;1-11(2)9-13-6-7-14(10-13)12-5-3-4-8-15-12;1-10(2)7-11-8-13-14(9-11)12-5-3-4-6-15-12;1-9(2)7-8-12(17(6,14)15)10(13)16-11(3,4)5;1-9(2)7-8-12(6)10(13)14-11(3,4)5/h11H,9-10H2,1-8H3;12-14H,5-11H2,1-4H3;6-7,10-12H,3-5,8-9H2,1-2H3;8-10,12H,3-7H2,1-2H3;9H,7-8H2,1-6H3;9H,7-8H2,1-6H3/q;;+1;;;. The van der Waals surface area contributed by atoms with Gasteiger partial charge in [0.05, 0.1) is 32.2 Å². The van der Waals surface area contributed by atoms with Gasteiger partial charge in [-0.2, -0.15) is 5.10 Å². The van der Waals surface area contributed by atoms with Crippen molar-refractivity contribution in [1.82, 2.24) is 33.4 Å². The molecule has 0 aromatic carbocycles. The lowest BCUT2D eigenvalue weighted by molar-refractivity contribution is -0.702. The normalized spacial score (nSPS) is 17.2. The van der Waals surface area contributed by atoms with Gasteiger partial charge in [0.2, 0.25) is 22.6 Å². The molecule has 2 aromatic rings. The number of nitrogens with zero attached hydrogens (tertiary/aromatic N) is 8. The second kappa shape index (κ2) is 46.9. The summed E-state index contributed by atoms with van der Waals surface area (Å²) in [5.41, 5.74) is -1.06. The number of carbonyl (C=O) groups is 4. The summed E-state index contributed by atoms with van der Waals surface area (Å²) in [6.45, 7) is 54.0. The molecular formula is C75H145N8O14S+. The van der Waals surface area contributed by atoms with Gasteiger partial charge >= 0.3 is 24.4 Å². The maximum Gasteiger partial charge on any atom is 0.424 e. The highest BCUT2D eigenvalue weighted by Gasteiger charge is 2.32. The van der Waals surface area contributed by atoms with Crippen molar-refractivity contribution >= 4 is 34.4 Å². The van der Waals surface area contributed by atoms with E-state index in [1.54, 1.807) is 74.3 Å². The summed E-state index contributed by atoms with van der Waals surface area (Å²) in [5.74, 6) is 4.04. The highest BCUT2D eigenvalue weighted by atomic mass is 32.2. The van der Waals surface area contributed by atoms with Crippen LogP contribution in [0.4, 0.5) is 19.2 Å². The summed E-state index contributed by atoms with van der Waals surface area (Å²) in [4.78, 5) is 52.3. The predicted molar refractivity (Wildman–Crippen MR) is 393 cm³/mol. The Bertz CT molecular complexity index is 2460. The fourth-order valence-corrected chi connectivity index (χ4v) is 10.6. The van der Waals surface area contributed by atoms with Gasteiger partial charge in [0, 0.05) is 59.1 Å². The molecule has 4 atom stereocenters. The first-order valence-corrected chi connectivity index (χ1v) is 38.5. The SMILES string of the molecule is CC(C)CC(COC1CCCCO1)CN(C)C.CC(C)CCN(C(=O)OC(C)(C)C)C(=O)OC(C)(C)C.CC(C)CCN(C(=O)OC(C)(C)C)S(C)(=O)=O.CC(C)CCN(C)C(=O)OC(C)(C)C.CC(C)C[n+]1ccn(C2CCCCO2)c1.CC(C)Cc1cnn(C2CCCCO2)c1. The zero-order chi connectivity index (χ0) is 75.4. The molecule has 0 N–H and O–H groups in total. The molecule has 3 aliphatic heterocycles. The van der Waals surface area contributed by atoms with Crippen molar-refractivity contribution in [2.45, 2.75) is 304 Å². The van der Waals surface area contributed by atoms with Crippen LogP contribution >= 0.6 is 0 Å². The van der Waals surface area contributed by atoms with Gasteiger partial charge in [0.1, 0.15) is 41.0 Å².